The van der Waals surface area contributed by atoms with E-state index < -0.39 is 0 Å². The molecule has 1 aliphatic heterocycles. The van der Waals surface area contributed by atoms with Gasteiger partial charge in [0.2, 0.25) is 0 Å². The Kier molecular flexibility index (Phi) is 7.15. The van der Waals surface area contributed by atoms with E-state index in [2.05, 4.69) is 11.8 Å². The molecule has 1 fully saturated rings. The molecule has 0 aromatic carbocycles. The zero-order valence-electron chi connectivity index (χ0n) is 7.88. The largest absolute Gasteiger partial charge is 1.00 e. The number of hydrogen-bond donors (Lipinski definition) is 0. The van der Waals surface area contributed by atoms with Crippen LogP contribution in [0.2, 0.25) is 0 Å². The van der Waals surface area contributed by atoms with Crippen molar-refractivity contribution in [1.29, 1.82) is 0 Å². The molecule has 1 saturated heterocycles. The van der Waals surface area contributed by atoms with Gasteiger partial charge in [-0.05, 0) is 18.8 Å². The molecule has 4 heteroatoms. The molecule has 1 heterocycles. The first-order chi connectivity index (χ1) is 5.24. The molecule has 1 nitrogen and oxygen atoms in total. The number of nitrogens with zero attached hydrogens (tertiary/aromatic N) is 1. The predicted octanol–water partition coefficient (Wildman–Crippen LogP) is -1.06. The summed E-state index contributed by atoms with van der Waals surface area (Å²) in [4.78, 5) is 2.14. The van der Waals surface area contributed by atoms with Crippen LogP contribution in [-0.2, 0) is 12.6 Å². The van der Waals surface area contributed by atoms with E-state index in [0.29, 0.717) is 4.32 Å². The maximum absolute atomic E-state index is 4.93. The second-order valence-corrected chi connectivity index (χ2v) is 4.14. The van der Waals surface area contributed by atoms with E-state index in [0.717, 1.165) is 19.0 Å². The van der Waals surface area contributed by atoms with E-state index in [1.54, 1.807) is 0 Å². The van der Waals surface area contributed by atoms with Crippen LogP contribution in [-0.4, -0.2) is 22.3 Å². The van der Waals surface area contributed by atoms with Crippen LogP contribution in [0.1, 0.15) is 26.2 Å². The Bertz CT molecular complexity index is 144. The minimum Gasteiger partial charge on any atom is -0.411 e. The summed E-state index contributed by atoms with van der Waals surface area (Å²) in [5.41, 5.74) is 0. The third kappa shape index (κ3) is 3.88. The van der Waals surface area contributed by atoms with Crippen molar-refractivity contribution in [3.63, 3.8) is 0 Å². The van der Waals surface area contributed by atoms with Crippen molar-refractivity contribution in [3.05, 3.63) is 0 Å². The van der Waals surface area contributed by atoms with E-state index >= 15 is 0 Å². The molecule has 0 amide bonds. The third-order valence-electron chi connectivity index (χ3n) is 2.45. The number of thiocarbonyl (C=S) groups is 1. The average Bonchev–Trinajstić information content (AvgIpc) is 2.05. The van der Waals surface area contributed by atoms with Gasteiger partial charge in [-0.1, -0.05) is 17.7 Å². The Morgan fingerprint density at radius 2 is 2.00 bits per heavy atom. The fourth-order valence-corrected chi connectivity index (χ4v) is 1.89. The monoisotopic (exact) mass is 211 g/mol. The molecule has 0 aromatic rings. The van der Waals surface area contributed by atoms with Crippen molar-refractivity contribution >= 4 is 29.2 Å². The van der Waals surface area contributed by atoms with Crippen molar-refractivity contribution in [2.45, 2.75) is 26.2 Å². The van der Waals surface area contributed by atoms with E-state index in [9.17, 15) is 0 Å². The first-order valence-electron chi connectivity index (χ1n) is 4.20. The van der Waals surface area contributed by atoms with Crippen molar-refractivity contribution in [2.75, 3.05) is 13.1 Å². The van der Waals surface area contributed by atoms with Gasteiger partial charge in [0, 0.05) is 13.1 Å². The predicted molar refractivity (Wildman–Crippen MR) is 54.6 cm³/mol. The van der Waals surface area contributed by atoms with Crippen molar-refractivity contribution in [1.82, 2.24) is 4.90 Å². The van der Waals surface area contributed by atoms with E-state index in [1.807, 2.05) is 0 Å². The summed E-state index contributed by atoms with van der Waals surface area (Å²) < 4.78 is 0.652. The second-order valence-electron chi connectivity index (χ2n) is 3.10. The number of hydrogen-bond acceptors (Lipinski definition) is 2. The SMILES string of the molecule is CCC1CCN(C(=S)[S-])CC1.[Na+]. The molecule has 1 aliphatic rings. The fraction of sp³-hybridized carbons (Fsp3) is 0.875. The minimum atomic E-state index is 0. The van der Waals surface area contributed by atoms with Crippen molar-refractivity contribution in [3.8, 4) is 0 Å². The van der Waals surface area contributed by atoms with Crippen LogP contribution in [0, 0.1) is 5.92 Å². The number of rotatable bonds is 1. The Morgan fingerprint density at radius 3 is 2.33 bits per heavy atom. The number of likely N-dealkylation sites (tertiary alicyclic amines) is 1. The summed E-state index contributed by atoms with van der Waals surface area (Å²) in [7, 11) is 0. The smallest absolute Gasteiger partial charge is 0.411 e. The molecule has 0 bridgehead atoms. The third-order valence-corrected chi connectivity index (χ3v) is 2.97. The molecular formula is C8H14NNaS2. The van der Waals surface area contributed by atoms with Gasteiger partial charge in [0.15, 0.2) is 0 Å². The van der Waals surface area contributed by atoms with Gasteiger partial charge in [-0.25, -0.2) is 0 Å². The van der Waals surface area contributed by atoms with E-state index in [4.69, 9.17) is 24.8 Å². The molecule has 1 rings (SSSR count). The van der Waals surface area contributed by atoms with Gasteiger partial charge in [-0.2, -0.15) is 0 Å². The molecule has 0 aliphatic carbocycles. The van der Waals surface area contributed by atoms with Gasteiger partial charge in [-0.3, -0.25) is 0 Å². The van der Waals surface area contributed by atoms with Gasteiger partial charge in [0.05, 0.1) is 0 Å². The van der Waals surface area contributed by atoms with Crippen molar-refractivity contribution < 1.29 is 29.6 Å². The first-order valence-corrected chi connectivity index (χ1v) is 5.01. The molecule has 0 radical (unpaired) electrons. The molecule has 0 atom stereocenters. The van der Waals surface area contributed by atoms with Gasteiger partial charge in [0.25, 0.3) is 0 Å². The summed E-state index contributed by atoms with van der Waals surface area (Å²) in [5.74, 6) is 0.913. The molecule has 0 saturated carbocycles. The summed E-state index contributed by atoms with van der Waals surface area (Å²) in [5, 5.41) is 0. The summed E-state index contributed by atoms with van der Waals surface area (Å²) >= 11 is 9.86. The maximum Gasteiger partial charge on any atom is 1.00 e. The average molecular weight is 211 g/mol. The Morgan fingerprint density at radius 1 is 1.50 bits per heavy atom. The Hall–Kier alpha value is 1.11. The zero-order valence-corrected chi connectivity index (χ0v) is 11.5. The molecule has 64 valence electrons. The topological polar surface area (TPSA) is 3.24 Å². The van der Waals surface area contributed by atoms with Crippen LogP contribution in [0.4, 0.5) is 0 Å². The molecule has 12 heavy (non-hydrogen) atoms. The van der Waals surface area contributed by atoms with Gasteiger partial charge in [-0.15, -0.1) is 0 Å². The maximum atomic E-state index is 4.93. The van der Waals surface area contributed by atoms with Gasteiger partial charge >= 0.3 is 29.6 Å². The normalized spacial score (nSPS) is 18.6. The minimum absolute atomic E-state index is 0. The number of piperidine rings is 1. The quantitative estimate of drug-likeness (QED) is 0.309. The van der Waals surface area contributed by atoms with Crippen LogP contribution in [0.15, 0.2) is 0 Å². The van der Waals surface area contributed by atoms with Crippen LogP contribution >= 0.6 is 12.2 Å². The van der Waals surface area contributed by atoms with Crippen molar-refractivity contribution in [2.24, 2.45) is 5.92 Å². The molecule has 0 aromatic heterocycles. The Balaban J connectivity index is 0.00000121. The summed E-state index contributed by atoms with van der Waals surface area (Å²) in [6, 6.07) is 0. The molecular weight excluding hydrogens is 197 g/mol. The second kappa shape index (κ2) is 6.55. The van der Waals surface area contributed by atoms with Gasteiger partial charge in [0.1, 0.15) is 0 Å². The van der Waals surface area contributed by atoms with Gasteiger partial charge < -0.3 is 29.7 Å². The van der Waals surface area contributed by atoms with Crippen LogP contribution in [0.5, 0.6) is 0 Å². The van der Waals surface area contributed by atoms with Crippen LogP contribution in [0.3, 0.4) is 0 Å². The van der Waals surface area contributed by atoms with Crippen LogP contribution in [0.25, 0.3) is 0 Å². The molecule has 0 spiro atoms. The van der Waals surface area contributed by atoms with E-state index in [1.165, 1.54) is 19.3 Å². The molecule has 0 unspecified atom stereocenters. The summed E-state index contributed by atoms with van der Waals surface area (Å²) in [6.45, 7) is 4.42. The Labute approximate surface area is 108 Å². The zero-order chi connectivity index (χ0) is 8.27. The van der Waals surface area contributed by atoms with Crippen LogP contribution < -0.4 is 29.6 Å². The first kappa shape index (κ1) is 13.1. The summed E-state index contributed by atoms with van der Waals surface area (Å²) in [6.07, 6.45) is 3.85. The standard InChI is InChI=1S/C8H15NS2.Na/c1-2-7-3-5-9(6-4-7)8(10)11;/h7H,2-6H2,1H3,(H,10,11);/q;+1/p-1. The molecule has 0 N–H and O–H groups in total. The van der Waals surface area contributed by atoms with E-state index in [-0.39, 0.29) is 29.6 Å². The fourth-order valence-electron chi connectivity index (χ4n) is 1.52.